The van der Waals surface area contributed by atoms with Gasteiger partial charge in [-0.1, -0.05) is 20.3 Å². The zero-order valence-electron chi connectivity index (χ0n) is 11.1. The molecule has 7 heteroatoms. The van der Waals surface area contributed by atoms with E-state index in [1.165, 1.54) is 6.20 Å². The molecule has 1 atom stereocenters. The number of ether oxygens (including phenoxy) is 1. The van der Waals surface area contributed by atoms with Crippen molar-refractivity contribution in [2.24, 2.45) is 0 Å². The van der Waals surface area contributed by atoms with Gasteiger partial charge in [-0.05, 0) is 6.42 Å². The highest BCUT2D eigenvalue weighted by Crippen LogP contribution is 2.08. The van der Waals surface area contributed by atoms with E-state index in [-0.39, 0.29) is 11.1 Å². The molecular formula is C11H21N3O3S. The van der Waals surface area contributed by atoms with Gasteiger partial charge in [0.1, 0.15) is 5.82 Å². The summed E-state index contributed by atoms with van der Waals surface area (Å²) in [4.78, 5) is 6.78. The average Bonchev–Trinajstić information content (AvgIpc) is 2.78. The van der Waals surface area contributed by atoms with Gasteiger partial charge in [0.15, 0.2) is 5.03 Å². The lowest BCUT2D eigenvalue weighted by molar-refractivity contribution is 0.171. The number of aryl methyl sites for hydroxylation is 1. The molecule has 1 heterocycles. The summed E-state index contributed by atoms with van der Waals surface area (Å²) in [5, 5.41) is 0.108. The molecule has 1 aromatic rings. The van der Waals surface area contributed by atoms with Gasteiger partial charge in [-0.25, -0.2) is 18.1 Å². The van der Waals surface area contributed by atoms with Crippen molar-refractivity contribution in [3.63, 3.8) is 0 Å². The van der Waals surface area contributed by atoms with Crippen molar-refractivity contribution in [1.82, 2.24) is 14.7 Å². The highest BCUT2D eigenvalue weighted by atomic mass is 32.2. The molecule has 0 bridgehead atoms. The molecule has 0 amide bonds. The van der Waals surface area contributed by atoms with Crippen LogP contribution in [-0.2, 0) is 21.2 Å². The number of aromatic amines is 1. The third-order valence-corrected chi connectivity index (χ3v) is 3.99. The maximum Gasteiger partial charge on any atom is 0.257 e. The van der Waals surface area contributed by atoms with Gasteiger partial charge in [-0.3, -0.25) is 0 Å². The summed E-state index contributed by atoms with van der Waals surface area (Å²) >= 11 is 0. The molecule has 104 valence electrons. The monoisotopic (exact) mass is 275 g/mol. The molecule has 0 fully saturated rings. The SMILES string of the molecule is CCCC(COC)NS(=O)(=O)c1cnc(CC)[nH]1. The number of H-pyrrole nitrogens is 1. The number of hydrogen-bond donors (Lipinski definition) is 2. The normalized spacial score (nSPS) is 13.7. The molecule has 0 aliphatic heterocycles. The minimum Gasteiger partial charge on any atom is -0.383 e. The average molecular weight is 275 g/mol. The second kappa shape index (κ2) is 6.86. The lowest BCUT2D eigenvalue weighted by Gasteiger charge is -2.16. The lowest BCUT2D eigenvalue weighted by atomic mass is 10.2. The smallest absolute Gasteiger partial charge is 0.257 e. The fourth-order valence-electron chi connectivity index (χ4n) is 1.67. The Kier molecular flexibility index (Phi) is 5.77. The first-order valence-corrected chi connectivity index (χ1v) is 7.57. The van der Waals surface area contributed by atoms with Crippen molar-refractivity contribution in [2.45, 2.75) is 44.2 Å². The topological polar surface area (TPSA) is 84.1 Å². The molecule has 6 nitrogen and oxygen atoms in total. The highest BCUT2D eigenvalue weighted by molar-refractivity contribution is 7.89. The second-order valence-electron chi connectivity index (χ2n) is 4.11. The Morgan fingerprint density at radius 1 is 1.50 bits per heavy atom. The first-order chi connectivity index (χ1) is 8.53. The van der Waals surface area contributed by atoms with Crippen molar-refractivity contribution >= 4 is 10.0 Å². The summed E-state index contributed by atoms with van der Waals surface area (Å²) < 4.78 is 31.8. The first kappa shape index (κ1) is 15.1. The van der Waals surface area contributed by atoms with E-state index >= 15 is 0 Å². The van der Waals surface area contributed by atoms with Crippen LogP contribution in [0.3, 0.4) is 0 Å². The molecule has 0 aliphatic rings. The molecule has 2 N–H and O–H groups in total. The zero-order chi connectivity index (χ0) is 13.6. The summed E-state index contributed by atoms with van der Waals surface area (Å²) in [6.45, 7) is 4.28. The van der Waals surface area contributed by atoms with Crippen molar-refractivity contribution in [2.75, 3.05) is 13.7 Å². The molecule has 0 radical (unpaired) electrons. The van der Waals surface area contributed by atoms with Gasteiger partial charge in [0.25, 0.3) is 10.0 Å². The van der Waals surface area contributed by atoms with Crippen LogP contribution in [0.25, 0.3) is 0 Å². The summed E-state index contributed by atoms with van der Waals surface area (Å²) in [6.07, 6.45) is 3.64. The van der Waals surface area contributed by atoms with E-state index in [9.17, 15) is 8.42 Å². The number of imidazole rings is 1. The zero-order valence-corrected chi connectivity index (χ0v) is 11.9. The van der Waals surface area contributed by atoms with E-state index in [0.717, 1.165) is 12.8 Å². The minimum atomic E-state index is -3.54. The Morgan fingerprint density at radius 3 is 2.72 bits per heavy atom. The van der Waals surface area contributed by atoms with Gasteiger partial charge in [-0.15, -0.1) is 0 Å². The molecule has 0 aromatic carbocycles. The number of sulfonamides is 1. The van der Waals surface area contributed by atoms with Gasteiger partial charge in [0.05, 0.1) is 12.8 Å². The van der Waals surface area contributed by atoms with Gasteiger partial charge >= 0.3 is 0 Å². The Labute approximate surface area is 108 Å². The van der Waals surface area contributed by atoms with Gasteiger partial charge in [0, 0.05) is 19.6 Å². The number of methoxy groups -OCH3 is 1. The third kappa shape index (κ3) is 4.08. The second-order valence-corrected chi connectivity index (χ2v) is 5.79. The van der Waals surface area contributed by atoms with Crippen molar-refractivity contribution < 1.29 is 13.2 Å². The fourth-order valence-corrected chi connectivity index (χ4v) is 2.86. The number of hydrogen-bond acceptors (Lipinski definition) is 4. The minimum absolute atomic E-state index is 0.108. The molecule has 0 spiro atoms. The van der Waals surface area contributed by atoms with Crippen LogP contribution in [0, 0.1) is 0 Å². The first-order valence-electron chi connectivity index (χ1n) is 6.08. The lowest BCUT2D eigenvalue weighted by Crippen LogP contribution is -2.38. The molecule has 1 rings (SSSR count). The molecule has 1 unspecified atom stereocenters. The van der Waals surface area contributed by atoms with Crippen molar-refractivity contribution in [1.29, 1.82) is 0 Å². The van der Waals surface area contributed by atoms with Gasteiger partial charge < -0.3 is 9.72 Å². The standard InChI is InChI=1S/C11H21N3O3S/c1-4-6-9(8-17-3)14-18(15,16)11-7-12-10(5-2)13-11/h7,9,14H,4-6,8H2,1-3H3,(H,12,13). The number of aromatic nitrogens is 2. The molecular weight excluding hydrogens is 254 g/mol. The quantitative estimate of drug-likeness (QED) is 0.743. The predicted octanol–water partition coefficient (Wildman–Crippen LogP) is 1.07. The predicted molar refractivity (Wildman–Crippen MR) is 68.9 cm³/mol. The van der Waals surface area contributed by atoms with Gasteiger partial charge in [-0.2, -0.15) is 0 Å². The maximum absolute atomic E-state index is 12.1. The number of nitrogens with one attached hydrogen (secondary N) is 2. The summed E-state index contributed by atoms with van der Waals surface area (Å²) in [5.74, 6) is 0.661. The van der Waals surface area contributed by atoms with E-state index in [2.05, 4.69) is 14.7 Å². The third-order valence-electron chi connectivity index (χ3n) is 2.56. The number of rotatable bonds is 8. The molecule has 0 saturated heterocycles. The van der Waals surface area contributed by atoms with Crippen LogP contribution in [0.15, 0.2) is 11.2 Å². The summed E-state index contributed by atoms with van der Waals surface area (Å²) in [6, 6.07) is -0.210. The Balaban J connectivity index is 2.78. The van der Waals surface area contributed by atoms with Crippen LogP contribution < -0.4 is 4.72 Å². The van der Waals surface area contributed by atoms with E-state index < -0.39 is 10.0 Å². The van der Waals surface area contributed by atoms with Crippen LogP contribution in [0.2, 0.25) is 0 Å². The van der Waals surface area contributed by atoms with Crippen LogP contribution in [0.5, 0.6) is 0 Å². The highest BCUT2D eigenvalue weighted by Gasteiger charge is 2.21. The molecule has 1 aromatic heterocycles. The molecule has 0 saturated carbocycles. The Hall–Kier alpha value is -0.920. The largest absolute Gasteiger partial charge is 0.383 e. The van der Waals surface area contributed by atoms with Crippen LogP contribution in [0.4, 0.5) is 0 Å². The van der Waals surface area contributed by atoms with Crippen LogP contribution in [0.1, 0.15) is 32.5 Å². The summed E-state index contributed by atoms with van der Waals surface area (Å²) in [7, 11) is -1.98. The van der Waals surface area contributed by atoms with E-state index in [4.69, 9.17) is 4.74 Å². The molecule has 18 heavy (non-hydrogen) atoms. The molecule has 0 aliphatic carbocycles. The van der Waals surface area contributed by atoms with E-state index in [0.29, 0.717) is 18.9 Å². The van der Waals surface area contributed by atoms with Gasteiger partial charge in [0.2, 0.25) is 0 Å². The van der Waals surface area contributed by atoms with E-state index in [1.54, 1.807) is 7.11 Å². The fraction of sp³-hybridized carbons (Fsp3) is 0.727. The van der Waals surface area contributed by atoms with E-state index in [1.807, 2.05) is 13.8 Å². The van der Waals surface area contributed by atoms with Crippen LogP contribution in [-0.4, -0.2) is 38.1 Å². The van der Waals surface area contributed by atoms with Crippen molar-refractivity contribution in [3.8, 4) is 0 Å². The number of nitrogens with zero attached hydrogens (tertiary/aromatic N) is 1. The summed E-state index contributed by atoms with van der Waals surface area (Å²) in [5.41, 5.74) is 0. The van der Waals surface area contributed by atoms with Crippen LogP contribution >= 0.6 is 0 Å². The maximum atomic E-state index is 12.1. The Morgan fingerprint density at radius 2 is 2.22 bits per heavy atom. The Bertz CT molecular complexity index is 450. The van der Waals surface area contributed by atoms with Crippen molar-refractivity contribution in [3.05, 3.63) is 12.0 Å².